The molecule has 1 unspecified atom stereocenters. The van der Waals surface area contributed by atoms with Crippen molar-refractivity contribution in [2.45, 2.75) is 44.4 Å². The Kier molecular flexibility index (Phi) is 3.65. The molecule has 2 rings (SSSR count). The van der Waals surface area contributed by atoms with Crippen molar-refractivity contribution in [1.29, 1.82) is 0 Å². The van der Waals surface area contributed by atoms with Gasteiger partial charge in [-0.25, -0.2) is 0 Å². The molecule has 1 aliphatic rings. The van der Waals surface area contributed by atoms with Gasteiger partial charge in [0.2, 0.25) is 0 Å². The highest BCUT2D eigenvalue weighted by Gasteiger charge is 2.14. The van der Waals surface area contributed by atoms with E-state index in [9.17, 15) is 0 Å². The summed E-state index contributed by atoms with van der Waals surface area (Å²) >= 11 is 0. The van der Waals surface area contributed by atoms with Crippen LogP contribution >= 0.6 is 23.3 Å². The summed E-state index contributed by atoms with van der Waals surface area (Å²) in [7, 11) is 4.40. The van der Waals surface area contributed by atoms with Crippen molar-refractivity contribution in [2.75, 3.05) is 0 Å². The molecular weight excluding hydrogens is 201 g/mol. The van der Waals surface area contributed by atoms with E-state index in [4.69, 9.17) is 0 Å². The first-order chi connectivity index (χ1) is 5.97. The summed E-state index contributed by atoms with van der Waals surface area (Å²) in [6, 6.07) is 0. The van der Waals surface area contributed by atoms with Gasteiger partial charge in [0.25, 0.3) is 0 Å². The summed E-state index contributed by atoms with van der Waals surface area (Å²) < 4.78 is 0. The van der Waals surface area contributed by atoms with E-state index >= 15 is 0 Å². The van der Waals surface area contributed by atoms with Gasteiger partial charge in [-0.1, -0.05) is 25.7 Å². The third-order valence-electron chi connectivity index (χ3n) is 2.71. The predicted molar refractivity (Wildman–Crippen MR) is 61.4 cm³/mol. The average molecular weight is 216 g/mol. The van der Waals surface area contributed by atoms with Crippen LogP contribution in [0, 0.1) is 0 Å². The monoisotopic (exact) mass is 216 g/mol. The van der Waals surface area contributed by atoms with Crippen molar-refractivity contribution in [2.24, 2.45) is 0 Å². The quantitative estimate of drug-likeness (QED) is 0.557. The molecule has 0 radical (unpaired) electrons. The summed E-state index contributed by atoms with van der Waals surface area (Å²) in [5.41, 5.74) is 0. The number of hydrogen-bond acceptors (Lipinski definition) is 0. The Morgan fingerprint density at radius 3 is 2.50 bits per heavy atom. The van der Waals surface area contributed by atoms with Crippen molar-refractivity contribution in [3.8, 4) is 0 Å². The van der Waals surface area contributed by atoms with E-state index in [-0.39, 0.29) is 0 Å². The first-order valence-corrected chi connectivity index (χ1v) is 9.24. The third-order valence-corrected chi connectivity index (χ3v) is 8.00. The van der Waals surface area contributed by atoms with Gasteiger partial charge < -0.3 is 0 Å². The molecule has 0 saturated heterocycles. The molecule has 12 heavy (non-hydrogen) atoms. The van der Waals surface area contributed by atoms with E-state index in [1.165, 1.54) is 38.5 Å². The molecule has 0 spiro atoms. The van der Waals surface area contributed by atoms with Crippen LogP contribution in [0.25, 0.3) is 0 Å². The molecular formula is C9H15P3. The molecule has 1 aromatic heterocycles. The highest BCUT2D eigenvalue weighted by atomic mass is 32.1. The standard InChI is InChI=1S/C9H15P3/c1-2-4-6-8(5-3-1)9-7-10-12-11-9/h7-8,10H,1-6H2. The maximum Gasteiger partial charge on any atom is -0.00865 e. The minimum absolute atomic E-state index is 0.983. The molecule has 0 N–H and O–H groups in total. The van der Waals surface area contributed by atoms with E-state index in [0.717, 1.165) is 13.8 Å². The van der Waals surface area contributed by atoms with E-state index in [1.54, 1.807) is 20.7 Å². The lowest BCUT2D eigenvalue weighted by atomic mass is 10.00. The normalized spacial score (nSPS) is 22.7. The van der Waals surface area contributed by atoms with Gasteiger partial charge in [-0.15, -0.1) is 7.87 Å². The SMILES string of the molecule is c1[pH]ppc1C1CCCCCC1. The summed E-state index contributed by atoms with van der Waals surface area (Å²) in [6.07, 6.45) is 8.91. The average Bonchev–Trinajstić information content (AvgIpc) is 2.48. The molecule has 1 atom stereocenters. The zero-order chi connectivity index (χ0) is 8.23. The van der Waals surface area contributed by atoms with Crippen LogP contribution in [0.5, 0.6) is 0 Å². The van der Waals surface area contributed by atoms with Gasteiger partial charge >= 0.3 is 0 Å². The number of hydrogen-bond donors (Lipinski definition) is 0. The van der Waals surface area contributed by atoms with Crippen LogP contribution in [0.15, 0.2) is 5.80 Å². The molecule has 0 nitrogen and oxygen atoms in total. The van der Waals surface area contributed by atoms with Crippen LogP contribution < -0.4 is 0 Å². The van der Waals surface area contributed by atoms with Gasteiger partial charge in [0, 0.05) is 0 Å². The first kappa shape index (κ1) is 9.21. The molecule has 1 fully saturated rings. The van der Waals surface area contributed by atoms with Crippen LogP contribution in [0.2, 0.25) is 0 Å². The van der Waals surface area contributed by atoms with Crippen LogP contribution in [0.4, 0.5) is 0 Å². The molecule has 1 aliphatic carbocycles. The maximum atomic E-state index is 2.53. The van der Waals surface area contributed by atoms with Gasteiger partial charge in [0.15, 0.2) is 0 Å². The molecule has 0 aromatic carbocycles. The maximum absolute atomic E-state index is 2.53. The Balaban J connectivity index is 2.02. The number of rotatable bonds is 1. The minimum atomic E-state index is 0.983. The highest BCUT2D eigenvalue weighted by Crippen LogP contribution is 2.44. The summed E-state index contributed by atoms with van der Waals surface area (Å²) in [4.78, 5) is 0. The fourth-order valence-electron chi connectivity index (χ4n) is 1.99. The summed E-state index contributed by atoms with van der Waals surface area (Å²) in [5.74, 6) is 3.51. The van der Waals surface area contributed by atoms with Crippen LogP contribution in [0.3, 0.4) is 0 Å². The van der Waals surface area contributed by atoms with Gasteiger partial charge in [0.05, 0.1) is 0 Å². The zero-order valence-electron chi connectivity index (χ0n) is 7.29. The van der Waals surface area contributed by atoms with Gasteiger partial charge in [-0.3, -0.25) is 0 Å². The lowest BCUT2D eigenvalue weighted by Crippen LogP contribution is -1.92. The fraction of sp³-hybridized carbons (Fsp3) is 0.778. The highest BCUT2D eigenvalue weighted by molar-refractivity contribution is 8.17. The van der Waals surface area contributed by atoms with Crippen molar-refractivity contribution in [3.63, 3.8) is 0 Å². The molecule has 0 bridgehead atoms. The fourth-order valence-corrected chi connectivity index (χ4v) is 7.93. The Morgan fingerprint density at radius 1 is 1.17 bits per heavy atom. The first-order valence-electron chi connectivity index (χ1n) is 4.83. The Hall–Kier alpha value is 0.640. The molecule has 1 saturated carbocycles. The van der Waals surface area contributed by atoms with E-state index in [1.807, 2.05) is 0 Å². The van der Waals surface area contributed by atoms with Gasteiger partial charge in [-0.2, -0.15) is 0 Å². The molecule has 1 heterocycles. The second-order valence-corrected chi connectivity index (χ2v) is 8.82. The zero-order valence-corrected chi connectivity index (χ0v) is 10.1. The second kappa shape index (κ2) is 4.76. The van der Waals surface area contributed by atoms with Crippen LogP contribution in [-0.2, 0) is 0 Å². The van der Waals surface area contributed by atoms with Gasteiger partial charge in [-0.05, 0) is 45.3 Å². The Bertz CT molecular complexity index is 210. The van der Waals surface area contributed by atoms with Crippen molar-refractivity contribution in [1.82, 2.24) is 0 Å². The summed E-state index contributed by atoms with van der Waals surface area (Å²) in [5, 5.41) is 1.79. The molecule has 3 heteroatoms. The Morgan fingerprint density at radius 2 is 1.92 bits per heavy atom. The Labute approximate surface area is 79.2 Å². The molecule has 0 aliphatic heterocycles. The third kappa shape index (κ3) is 2.32. The molecule has 66 valence electrons. The second-order valence-electron chi connectivity index (χ2n) is 3.59. The van der Waals surface area contributed by atoms with Crippen LogP contribution in [-0.4, -0.2) is 0 Å². The predicted octanol–water partition coefficient (Wildman–Crippen LogP) is 5.32. The van der Waals surface area contributed by atoms with E-state index < -0.39 is 0 Å². The van der Waals surface area contributed by atoms with E-state index in [0.29, 0.717) is 0 Å². The van der Waals surface area contributed by atoms with Gasteiger partial charge in [0.1, 0.15) is 0 Å². The minimum Gasteiger partial charge on any atom is -0.105 e. The smallest absolute Gasteiger partial charge is 0.00865 e. The largest absolute Gasteiger partial charge is 0.105 e. The summed E-state index contributed by atoms with van der Waals surface area (Å²) in [6.45, 7) is 0. The van der Waals surface area contributed by atoms with Crippen molar-refractivity contribution >= 4 is 23.3 Å². The van der Waals surface area contributed by atoms with Crippen molar-refractivity contribution in [3.05, 3.63) is 11.1 Å². The van der Waals surface area contributed by atoms with Crippen LogP contribution in [0.1, 0.15) is 49.7 Å². The topological polar surface area (TPSA) is 0 Å². The lowest BCUT2D eigenvalue weighted by molar-refractivity contribution is 0.602. The van der Waals surface area contributed by atoms with E-state index in [2.05, 4.69) is 5.80 Å². The lowest BCUT2D eigenvalue weighted by Gasteiger charge is -2.10. The molecule has 0 amide bonds. The molecule has 1 aromatic rings. The van der Waals surface area contributed by atoms with Crippen molar-refractivity contribution < 1.29 is 0 Å².